The average molecular weight is 312 g/mol. The Morgan fingerprint density at radius 1 is 1.13 bits per heavy atom. The van der Waals surface area contributed by atoms with Crippen molar-refractivity contribution < 1.29 is 9.53 Å². The van der Waals surface area contributed by atoms with E-state index in [4.69, 9.17) is 4.74 Å². The van der Waals surface area contributed by atoms with Crippen molar-refractivity contribution in [1.29, 1.82) is 0 Å². The fraction of sp³-hybridized carbons (Fsp3) is 0.353. The van der Waals surface area contributed by atoms with E-state index >= 15 is 0 Å². The van der Waals surface area contributed by atoms with E-state index in [1.165, 1.54) is 6.33 Å². The zero-order valence-electron chi connectivity index (χ0n) is 13.4. The van der Waals surface area contributed by atoms with Crippen molar-refractivity contribution in [1.82, 2.24) is 9.97 Å². The van der Waals surface area contributed by atoms with Crippen LogP contribution in [0.3, 0.4) is 0 Å². The number of ether oxygens (including phenoxy) is 1. The molecular weight excluding hydrogens is 292 g/mol. The molecule has 0 unspecified atom stereocenters. The molecule has 1 fully saturated rings. The van der Waals surface area contributed by atoms with Gasteiger partial charge in [0.15, 0.2) is 0 Å². The molecule has 6 heteroatoms. The van der Waals surface area contributed by atoms with Crippen molar-refractivity contribution in [3.8, 4) is 0 Å². The quantitative estimate of drug-likeness (QED) is 0.941. The first-order valence-electron chi connectivity index (χ1n) is 7.68. The topological polar surface area (TPSA) is 67.4 Å². The van der Waals surface area contributed by atoms with Crippen molar-refractivity contribution in [2.75, 3.05) is 36.5 Å². The number of anilines is 2. The van der Waals surface area contributed by atoms with E-state index in [1.807, 2.05) is 38.1 Å². The number of carbonyl (C=O) groups is 1. The molecule has 6 nitrogen and oxygen atoms in total. The van der Waals surface area contributed by atoms with Gasteiger partial charge in [-0.25, -0.2) is 9.97 Å². The Bertz CT molecular complexity index is 691. The number of nitrogens with one attached hydrogen (secondary N) is 1. The highest BCUT2D eigenvalue weighted by molar-refractivity contribution is 6.07. The lowest BCUT2D eigenvalue weighted by molar-refractivity contribution is 0.102. The van der Waals surface area contributed by atoms with Gasteiger partial charge in [0.1, 0.15) is 6.33 Å². The first-order valence-corrected chi connectivity index (χ1v) is 7.68. The standard InChI is InChI=1S/C17H20N4O2/c1-12-16(13(2)19-11-18-12)17(22)20-14-5-3-4-6-15(14)21-7-9-23-10-8-21/h3-6,11H,7-10H2,1-2H3,(H,20,22). The summed E-state index contributed by atoms with van der Waals surface area (Å²) in [7, 11) is 0. The Morgan fingerprint density at radius 2 is 1.78 bits per heavy atom. The molecule has 2 heterocycles. The van der Waals surface area contributed by atoms with Crippen LogP contribution in [0.15, 0.2) is 30.6 Å². The van der Waals surface area contributed by atoms with Gasteiger partial charge >= 0.3 is 0 Å². The van der Waals surface area contributed by atoms with Crippen molar-refractivity contribution in [2.45, 2.75) is 13.8 Å². The number of rotatable bonds is 3. The predicted molar refractivity (Wildman–Crippen MR) is 88.9 cm³/mol. The van der Waals surface area contributed by atoms with Crippen LogP contribution < -0.4 is 10.2 Å². The van der Waals surface area contributed by atoms with Gasteiger partial charge < -0.3 is 15.0 Å². The summed E-state index contributed by atoms with van der Waals surface area (Å²) in [5.41, 5.74) is 3.69. The molecule has 1 saturated heterocycles. The molecule has 0 radical (unpaired) electrons. The lowest BCUT2D eigenvalue weighted by atomic mass is 10.1. The number of aromatic nitrogens is 2. The third-order valence-electron chi connectivity index (χ3n) is 3.96. The molecule has 1 aromatic carbocycles. The van der Waals surface area contributed by atoms with E-state index in [2.05, 4.69) is 20.2 Å². The summed E-state index contributed by atoms with van der Waals surface area (Å²) in [6.45, 7) is 6.67. The second kappa shape index (κ2) is 6.75. The molecule has 1 aromatic heterocycles. The minimum absolute atomic E-state index is 0.179. The van der Waals surface area contributed by atoms with Crippen LogP contribution in [0.5, 0.6) is 0 Å². The van der Waals surface area contributed by atoms with Gasteiger partial charge in [-0.1, -0.05) is 12.1 Å². The van der Waals surface area contributed by atoms with Gasteiger partial charge in [0.2, 0.25) is 0 Å². The predicted octanol–water partition coefficient (Wildman–Crippen LogP) is 2.18. The molecule has 0 spiro atoms. The number of hydrogen-bond acceptors (Lipinski definition) is 5. The molecule has 3 rings (SSSR count). The minimum atomic E-state index is -0.179. The Kier molecular flexibility index (Phi) is 4.52. The summed E-state index contributed by atoms with van der Waals surface area (Å²) in [5.74, 6) is -0.179. The van der Waals surface area contributed by atoms with Gasteiger partial charge in [0.25, 0.3) is 5.91 Å². The normalized spacial score (nSPS) is 14.6. The lowest BCUT2D eigenvalue weighted by Gasteiger charge is -2.30. The van der Waals surface area contributed by atoms with Gasteiger partial charge in [-0.3, -0.25) is 4.79 Å². The van der Waals surface area contributed by atoms with E-state index < -0.39 is 0 Å². The van der Waals surface area contributed by atoms with E-state index in [0.717, 1.165) is 24.5 Å². The number of carbonyl (C=O) groups excluding carboxylic acids is 1. The number of aryl methyl sites for hydroxylation is 2. The van der Waals surface area contributed by atoms with Crippen LogP contribution >= 0.6 is 0 Å². The van der Waals surface area contributed by atoms with E-state index in [-0.39, 0.29) is 5.91 Å². The molecule has 0 bridgehead atoms. The van der Waals surface area contributed by atoms with Crippen LogP contribution in [-0.2, 0) is 4.74 Å². The van der Waals surface area contributed by atoms with Crippen LogP contribution in [0.1, 0.15) is 21.7 Å². The summed E-state index contributed by atoms with van der Waals surface area (Å²) in [4.78, 5) is 23.1. The second-order valence-electron chi connectivity index (χ2n) is 5.49. The molecule has 0 atom stereocenters. The number of benzene rings is 1. The largest absolute Gasteiger partial charge is 0.378 e. The van der Waals surface area contributed by atoms with E-state index in [1.54, 1.807) is 0 Å². The summed E-state index contributed by atoms with van der Waals surface area (Å²) >= 11 is 0. The number of nitrogens with zero attached hydrogens (tertiary/aromatic N) is 3. The highest BCUT2D eigenvalue weighted by atomic mass is 16.5. The zero-order valence-corrected chi connectivity index (χ0v) is 13.4. The van der Waals surface area contributed by atoms with Gasteiger partial charge in [0.05, 0.1) is 41.5 Å². The maximum atomic E-state index is 12.7. The molecule has 1 amide bonds. The summed E-state index contributed by atoms with van der Waals surface area (Å²) in [5, 5.41) is 3.00. The first-order chi connectivity index (χ1) is 11.2. The first kappa shape index (κ1) is 15.4. The minimum Gasteiger partial charge on any atom is -0.378 e. The van der Waals surface area contributed by atoms with Crippen LogP contribution in [0, 0.1) is 13.8 Å². The second-order valence-corrected chi connectivity index (χ2v) is 5.49. The fourth-order valence-corrected chi connectivity index (χ4v) is 2.77. The molecule has 0 saturated carbocycles. The maximum absolute atomic E-state index is 12.7. The Labute approximate surface area is 135 Å². The molecule has 1 N–H and O–H groups in total. The summed E-state index contributed by atoms with van der Waals surface area (Å²) in [6.07, 6.45) is 1.48. The van der Waals surface area contributed by atoms with Crippen LogP contribution in [0.25, 0.3) is 0 Å². The number of hydrogen-bond donors (Lipinski definition) is 1. The Hall–Kier alpha value is -2.47. The smallest absolute Gasteiger partial charge is 0.259 e. The molecule has 2 aromatic rings. The monoisotopic (exact) mass is 312 g/mol. The Morgan fingerprint density at radius 3 is 2.48 bits per heavy atom. The van der Waals surface area contributed by atoms with Crippen LogP contribution in [0.4, 0.5) is 11.4 Å². The van der Waals surface area contributed by atoms with Gasteiger partial charge in [0, 0.05) is 13.1 Å². The number of amides is 1. The molecular formula is C17H20N4O2. The van der Waals surface area contributed by atoms with Crippen molar-refractivity contribution in [2.24, 2.45) is 0 Å². The summed E-state index contributed by atoms with van der Waals surface area (Å²) < 4.78 is 5.40. The third-order valence-corrected chi connectivity index (χ3v) is 3.96. The van der Waals surface area contributed by atoms with E-state index in [0.29, 0.717) is 30.2 Å². The SMILES string of the molecule is Cc1ncnc(C)c1C(=O)Nc1ccccc1N1CCOCC1. The lowest BCUT2D eigenvalue weighted by Crippen LogP contribution is -2.36. The molecule has 23 heavy (non-hydrogen) atoms. The van der Waals surface area contributed by atoms with Crippen molar-refractivity contribution in [3.63, 3.8) is 0 Å². The van der Waals surface area contributed by atoms with Crippen molar-refractivity contribution >= 4 is 17.3 Å². The maximum Gasteiger partial charge on any atom is 0.259 e. The van der Waals surface area contributed by atoms with E-state index in [9.17, 15) is 4.79 Å². The molecule has 1 aliphatic heterocycles. The number of morpholine rings is 1. The third kappa shape index (κ3) is 3.32. The number of para-hydroxylation sites is 2. The van der Waals surface area contributed by atoms with Gasteiger partial charge in [-0.05, 0) is 26.0 Å². The molecule has 120 valence electrons. The molecule has 1 aliphatic rings. The van der Waals surface area contributed by atoms with Crippen LogP contribution in [-0.4, -0.2) is 42.2 Å². The Balaban J connectivity index is 1.87. The highest BCUT2D eigenvalue weighted by Crippen LogP contribution is 2.27. The van der Waals surface area contributed by atoms with Crippen LogP contribution in [0.2, 0.25) is 0 Å². The van der Waals surface area contributed by atoms with Crippen molar-refractivity contribution in [3.05, 3.63) is 47.5 Å². The molecule has 0 aliphatic carbocycles. The van der Waals surface area contributed by atoms with Gasteiger partial charge in [-0.15, -0.1) is 0 Å². The average Bonchev–Trinajstić information content (AvgIpc) is 2.56. The fourth-order valence-electron chi connectivity index (χ4n) is 2.77. The zero-order chi connectivity index (χ0) is 16.2. The highest BCUT2D eigenvalue weighted by Gasteiger charge is 2.18. The summed E-state index contributed by atoms with van der Waals surface area (Å²) in [6, 6.07) is 7.82. The van der Waals surface area contributed by atoms with Gasteiger partial charge in [-0.2, -0.15) is 0 Å².